The Kier molecular flexibility index (Phi) is 8.29. The molecule has 0 aliphatic heterocycles. The zero-order valence-corrected chi connectivity index (χ0v) is 36.3. The average Bonchev–Trinajstić information content (AvgIpc) is 3.82. The van der Waals surface area contributed by atoms with Gasteiger partial charge in [0.25, 0.3) is 0 Å². The number of para-hydroxylation sites is 2. The Labute approximate surface area is 379 Å². The van der Waals surface area contributed by atoms with E-state index in [1.54, 1.807) is 0 Å². The largest absolute Gasteiger partial charge is 0.310 e. The number of aryl methyl sites for hydroxylation is 2. The third-order valence-corrected chi connectivity index (χ3v) is 14.1. The summed E-state index contributed by atoms with van der Waals surface area (Å²) in [5.74, 6) is 0. The normalized spacial score (nSPS) is 12.9. The molecule has 0 radical (unpaired) electrons. The molecule has 0 aromatic heterocycles. The van der Waals surface area contributed by atoms with Crippen LogP contribution in [-0.2, 0) is 5.41 Å². The molecule has 0 fully saturated rings. The summed E-state index contributed by atoms with van der Waals surface area (Å²) in [5, 5.41) is 7.51. The number of benzene rings is 11. The molecule has 2 aliphatic carbocycles. The standard InChI is InChI=1S/C63H44N2/c1-41-25-30-47(31-26-41)64(45-15-5-3-6-16-45)49-34-29-43-38-57-60(39-44(43)37-49)63(58-23-13-11-20-52(58)53-21-12-14-24-59(53)63)62-55-36-35-50(40-56(55)51-19-9-10-22-54(51)61(57)62)65(46-17-7-4-8-18-46)48-32-27-42(2)28-33-48/h3-40H,1-2H3. The van der Waals surface area contributed by atoms with Crippen molar-refractivity contribution in [3.05, 3.63) is 264 Å². The predicted molar refractivity (Wildman–Crippen MR) is 274 cm³/mol. The van der Waals surface area contributed by atoms with Gasteiger partial charge in [0.2, 0.25) is 0 Å². The number of fused-ring (bicyclic) bond motifs is 16. The fourth-order valence-corrected chi connectivity index (χ4v) is 11.3. The maximum Gasteiger partial charge on any atom is 0.0731 e. The molecule has 0 amide bonds. The summed E-state index contributed by atoms with van der Waals surface area (Å²) in [4.78, 5) is 4.77. The summed E-state index contributed by atoms with van der Waals surface area (Å²) in [6, 6.07) is 86.0. The summed E-state index contributed by atoms with van der Waals surface area (Å²) in [6.07, 6.45) is 0. The van der Waals surface area contributed by atoms with E-state index in [0.717, 1.165) is 34.1 Å². The predicted octanol–water partition coefficient (Wildman–Crippen LogP) is 17.0. The fourth-order valence-electron chi connectivity index (χ4n) is 11.3. The van der Waals surface area contributed by atoms with E-state index in [4.69, 9.17) is 0 Å². The van der Waals surface area contributed by atoms with Gasteiger partial charge in [0.05, 0.1) is 5.41 Å². The minimum atomic E-state index is -0.558. The molecule has 11 aromatic carbocycles. The Morgan fingerprint density at radius 1 is 0.292 bits per heavy atom. The first-order valence-electron chi connectivity index (χ1n) is 22.7. The van der Waals surface area contributed by atoms with E-state index in [-0.39, 0.29) is 0 Å². The van der Waals surface area contributed by atoms with Crippen molar-refractivity contribution in [3.63, 3.8) is 0 Å². The van der Waals surface area contributed by atoms with Crippen LogP contribution in [-0.4, -0.2) is 0 Å². The highest BCUT2D eigenvalue weighted by Gasteiger charge is 2.53. The molecular weight excluding hydrogens is 785 g/mol. The number of hydrogen-bond donors (Lipinski definition) is 0. The summed E-state index contributed by atoms with van der Waals surface area (Å²) in [5.41, 5.74) is 19.3. The maximum atomic E-state index is 2.54. The maximum absolute atomic E-state index is 2.54. The van der Waals surface area contributed by atoms with Gasteiger partial charge >= 0.3 is 0 Å². The van der Waals surface area contributed by atoms with Crippen molar-refractivity contribution in [1.82, 2.24) is 0 Å². The highest BCUT2D eigenvalue weighted by Crippen LogP contribution is 2.66. The first kappa shape index (κ1) is 37.4. The molecule has 11 aromatic rings. The molecule has 0 atom stereocenters. The third kappa shape index (κ3) is 5.54. The van der Waals surface area contributed by atoms with Gasteiger partial charge in [-0.2, -0.15) is 0 Å². The van der Waals surface area contributed by atoms with E-state index < -0.39 is 5.41 Å². The Balaban J connectivity index is 1.11. The monoisotopic (exact) mass is 828 g/mol. The van der Waals surface area contributed by atoms with Gasteiger partial charge in [-0.15, -0.1) is 0 Å². The van der Waals surface area contributed by atoms with Gasteiger partial charge in [0, 0.05) is 34.1 Å². The Bertz CT molecular complexity index is 3620. The van der Waals surface area contributed by atoms with Gasteiger partial charge in [0.15, 0.2) is 0 Å². The zero-order valence-electron chi connectivity index (χ0n) is 36.3. The van der Waals surface area contributed by atoms with E-state index >= 15 is 0 Å². The first-order valence-corrected chi connectivity index (χ1v) is 22.7. The Morgan fingerprint density at radius 3 is 1.37 bits per heavy atom. The topological polar surface area (TPSA) is 6.48 Å². The minimum Gasteiger partial charge on any atom is -0.310 e. The molecule has 0 heterocycles. The van der Waals surface area contributed by atoms with Crippen molar-refractivity contribution < 1.29 is 0 Å². The van der Waals surface area contributed by atoms with Crippen LogP contribution in [0.5, 0.6) is 0 Å². The molecule has 2 nitrogen and oxygen atoms in total. The molecule has 0 unspecified atom stereocenters. The van der Waals surface area contributed by atoms with Crippen molar-refractivity contribution in [2.45, 2.75) is 19.3 Å². The van der Waals surface area contributed by atoms with Gasteiger partial charge in [-0.1, -0.05) is 157 Å². The lowest BCUT2D eigenvalue weighted by Crippen LogP contribution is -2.26. The second-order valence-electron chi connectivity index (χ2n) is 17.8. The van der Waals surface area contributed by atoms with Crippen molar-refractivity contribution in [2.24, 2.45) is 0 Å². The lowest BCUT2D eigenvalue weighted by atomic mass is 9.69. The summed E-state index contributed by atoms with van der Waals surface area (Å²) in [6.45, 7) is 4.30. The fraction of sp³-hybridized carbons (Fsp3) is 0.0476. The third-order valence-electron chi connectivity index (χ3n) is 14.1. The second-order valence-corrected chi connectivity index (χ2v) is 17.8. The quantitative estimate of drug-likeness (QED) is 0.154. The Morgan fingerprint density at radius 2 is 0.769 bits per heavy atom. The molecule has 0 bridgehead atoms. The summed E-state index contributed by atoms with van der Waals surface area (Å²) < 4.78 is 0. The molecule has 1 spiro atoms. The number of anilines is 6. The molecule has 65 heavy (non-hydrogen) atoms. The average molecular weight is 829 g/mol. The van der Waals surface area contributed by atoms with Crippen LogP contribution in [0.25, 0.3) is 54.6 Å². The van der Waals surface area contributed by atoms with Crippen LogP contribution in [0.3, 0.4) is 0 Å². The highest BCUT2D eigenvalue weighted by atomic mass is 15.1. The summed E-state index contributed by atoms with van der Waals surface area (Å²) >= 11 is 0. The lowest BCUT2D eigenvalue weighted by molar-refractivity contribution is 0.803. The molecule has 2 heteroatoms. The van der Waals surface area contributed by atoms with Gasteiger partial charge in [-0.25, -0.2) is 0 Å². The van der Waals surface area contributed by atoms with Crippen LogP contribution in [0.1, 0.15) is 33.4 Å². The number of nitrogens with zero attached hydrogens (tertiary/aromatic N) is 2. The van der Waals surface area contributed by atoms with Crippen molar-refractivity contribution in [3.8, 4) is 22.3 Å². The molecule has 2 aliphatic rings. The first-order chi connectivity index (χ1) is 32.1. The number of hydrogen-bond acceptors (Lipinski definition) is 2. The van der Waals surface area contributed by atoms with E-state index in [1.807, 2.05) is 0 Å². The Hall–Kier alpha value is -8.20. The molecule has 0 saturated carbocycles. The highest BCUT2D eigenvalue weighted by molar-refractivity contribution is 6.21. The van der Waals surface area contributed by atoms with E-state index in [9.17, 15) is 0 Å². The van der Waals surface area contributed by atoms with Gasteiger partial charge in [0.1, 0.15) is 0 Å². The van der Waals surface area contributed by atoms with Crippen molar-refractivity contribution >= 4 is 66.4 Å². The lowest BCUT2D eigenvalue weighted by Gasteiger charge is -2.32. The molecular formula is C63H44N2. The molecule has 0 N–H and O–H groups in total. The van der Waals surface area contributed by atoms with E-state index in [2.05, 4.69) is 254 Å². The van der Waals surface area contributed by atoms with Crippen LogP contribution in [0, 0.1) is 13.8 Å². The molecule has 306 valence electrons. The second kappa shape index (κ2) is 14.4. The molecule has 0 saturated heterocycles. The van der Waals surface area contributed by atoms with Crippen LogP contribution in [0.15, 0.2) is 231 Å². The summed E-state index contributed by atoms with van der Waals surface area (Å²) in [7, 11) is 0. The SMILES string of the molecule is Cc1ccc(N(c2ccccc2)c2ccc3cc4c(cc3c2)C2(c3ccccc3-c3ccccc32)c2c-4c3ccccc3c3cc(N(c4ccccc4)c4ccc(C)cc4)ccc23)cc1. The van der Waals surface area contributed by atoms with Crippen molar-refractivity contribution in [2.75, 3.05) is 9.80 Å². The van der Waals surface area contributed by atoms with Gasteiger partial charge in [-0.3, -0.25) is 0 Å². The number of rotatable bonds is 6. The zero-order chi connectivity index (χ0) is 43.2. The van der Waals surface area contributed by atoms with Crippen LogP contribution in [0.2, 0.25) is 0 Å². The van der Waals surface area contributed by atoms with Crippen molar-refractivity contribution in [1.29, 1.82) is 0 Å². The van der Waals surface area contributed by atoms with Crippen LogP contribution < -0.4 is 9.80 Å². The van der Waals surface area contributed by atoms with Crippen LogP contribution >= 0.6 is 0 Å². The van der Waals surface area contributed by atoms with Gasteiger partial charge < -0.3 is 9.80 Å². The van der Waals surface area contributed by atoms with Crippen LogP contribution in [0.4, 0.5) is 34.1 Å². The van der Waals surface area contributed by atoms with Gasteiger partial charge in [-0.05, 0) is 176 Å². The smallest absolute Gasteiger partial charge is 0.0731 e. The van der Waals surface area contributed by atoms with E-state index in [1.165, 1.54) is 88.0 Å². The minimum absolute atomic E-state index is 0.558. The van der Waals surface area contributed by atoms with E-state index in [0.29, 0.717) is 0 Å². The molecule has 13 rings (SSSR count).